The maximum absolute atomic E-state index is 5.29. The van der Waals surface area contributed by atoms with E-state index < -0.39 is 0 Å². The lowest BCUT2D eigenvalue weighted by Gasteiger charge is -2.18. The summed E-state index contributed by atoms with van der Waals surface area (Å²) in [5.74, 6) is 1.75. The molecule has 3 heteroatoms. The third kappa shape index (κ3) is 3.63. The van der Waals surface area contributed by atoms with Gasteiger partial charge in [-0.2, -0.15) is 0 Å². The van der Waals surface area contributed by atoms with E-state index in [0.29, 0.717) is 6.04 Å². The SMILES string of the molecule is CC(CNC(=S)NC1CCCC1)C1CC1. The smallest absolute Gasteiger partial charge is 0.166 e. The summed E-state index contributed by atoms with van der Waals surface area (Å²) in [6, 6.07) is 0.640. The molecule has 1 atom stereocenters. The van der Waals surface area contributed by atoms with E-state index >= 15 is 0 Å². The van der Waals surface area contributed by atoms with Crippen molar-refractivity contribution in [3.05, 3.63) is 0 Å². The Labute approximate surface area is 98.2 Å². The van der Waals surface area contributed by atoms with Crippen LogP contribution in [0.2, 0.25) is 0 Å². The highest BCUT2D eigenvalue weighted by Gasteiger charge is 2.27. The molecule has 2 saturated carbocycles. The molecule has 0 bridgehead atoms. The Morgan fingerprint density at radius 2 is 1.93 bits per heavy atom. The first-order valence-electron chi connectivity index (χ1n) is 6.30. The molecular formula is C12H22N2S. The van der Waals surface area contributed by atoms with Crippen molar-refractivity contribution in [2.45, 2.75) is 51.5 Å². The van der Waals surface area contributed by atoms with Gasteiger partial charge in [0, 0.05) is 12.6 Å². The molecule has 2 N–H and O–H groups in total. The molecular weight excluding hydrogens is 204 g/mol. The molecule has 0 aromatic heterocycles. The molecule has 15 heavy (non-hydrogen) atoms. The maximum atomic E-state index is 5.29. The topological polar surface area (TPSA) is 24.1 Å². The molecule has 0 spiro atoms. The van der Waals surface area contributed by atoms with Crippen molar-refractivity contribution >= 4 is 17.3 Å². The number of hydrogen-bond acceptors (Lipinski definition) is 1. The van der Waals surface area contributed by atoms with Gasteiger partial charge in [0.15, 0.2) is 5.11 Å². The van der Waals surface area contributed by atoms with Gasteiger partial charge in [0.05, 0.1) is 0 Å². The minimum atomic E-state index is 0.640. The lowest BCUT2D eigenvalue weighted by molar-refractivity contribution is 0.494. The first-order chi connectivity index (χ1) is 7.25. The summed E-state index contributed by atoms with van der Waals surface area (Å²) < 4.78 is 0. The zero-order valence-corrected chi connectivity index (χ0v) is 10.4. The van der Waals surface area contributed by atoms with Gasteiger partial charge in [0.1, 0.15) is 0 Å². The van der Waals surface area contributed by atoms with Gasteiger partial charge < -0.3 is 10.6 Å². The van der Waals surface area contributed by atoms with Crippen LogP contribution in [0, 0.1) is 11.8 Å². The summed E-state index contributed by atoms with van der Waals surface area (Å²) in [6.07, 6.45) is 8.15. The lowest BCUT2D eigenvalue weighted by Crippen LogP contribution is -2.42. The molecule has 2 rings (SSSR count). The second kappa shape index (κ2) is 5.15. The Morgan fingerprint density at radius 1 is 1.27 bits per heavy atom. The van der Waals surface area contributed by atoms with Crippen molar-refractivity contribution < 1.29 is 0 Å². The van der Waals surface area contributed by atoms with E-state index in [0.717, 1.165) is 23.5 Å². The Morgan fingerprint density at radius 3 is 2.53 bits per heavy atom. The first kappa shape index (κ1) is 11.2. The van der Waals surface area contributed by atoms with Crippen LogP contribution >= 0.6 is 12.2 Å². The van der Waals surface area contributed by atoms with E-state index in [1.54, 1.807) is 0 Å². The summed E-state index contributed by atoms with van der Waals surface area (Å²) in [7, 11) is 0. The highest BCUT2D eigenvalue weighted by Crippen LogP contribution is 2.36. The third-order valence-electron chi connectivity index (χ3n) is 3.70. The molecule has 2 aliphatic carbocycles. The minimum absolute atomic E-state index is 0.640. The van der Waals surface area contributed by atoms with Crippen molar-refractivity contribution in [2.24, 2.45) is 11.8 Å². The van der Waals surface area contributed by atoms with Crippen LogP contribution in [0.15, 0.2) is 0 Å². The van der Waals surface area contributed by atoms with Crippen LogP contribution in [0.1, 0.15) is 45.4 Å². The predicted molar refractivity (Wildman–Crippen MR) is 67.9 cm³/mol. The summed E-state index contributed by atoms with van der Waals surface area (Å²) >= 11 is 5.29. The van der Waals surface area contributed by atoms with Gasteiger partial charge in [-0.3, -0.25) is 0 Å². The molecule has 1 unspecified atom stereocenters. The molecule has 0 saturated heterocycles. The number of nitrogens with one attached hydrogen (secondary N) is 2. The average Bonchev–Trinajstić information content (AvgIpc) is 2.95. The molecule has 86 valence electrons. The molecule has 0 amide bonds. The highest BCUT2D eigenvalue weighted by molar-refractivity contribution is 7.80. The molecule has 2 fully saturated rings. The third-order valence-corrected chi connectivity index (χ3v) is 3.96. The second-order valence-corrected chi connectivity index (χ2v) is 5.56. The van der Waals surface area contributed by atoms with Gasteiger partial charge in [-0.25, -0.2) is 0 Å². The van der Waals surface area contributed by atoms with E-state index in [1.807, 2.05) is 0 Å². The molecule has 0 aliphatic heterocycles. The van der Waals surface area contributed by atoms with Gasteiger partial charge >= 0.3 is 0 Å². The van der Waals surface area contributed by atoms with Crippen molar-refractivity contribution in [1.29, 1.82) is 0 Å². The summed E-state index contributed by atoms with van der Waals surface area (Å²) in [5, 5.41) is 7.63. The molecule has 0 aromatic carbocycles. The van der Waals surface area contributed by atoms with E-state index in [2.05, 4.69) is 17.6 Å². The van der Waals surface area contributed by atoms with Crippen LogP contribution in [0.4, 0.5) is 0 Å². The van der Waals surface area contributed by atoms with Crippen molar-refractivity contribution in [2.75, 3.05) is 6.54 Å². The molecule has 2 aliphatic rings. The van der Waals surface area contributed by atoms with Gasteiger partial charge in [0.2, 0.25) is 0 Å². The van der Waals surface area contributed by atoms with E-state index in [1.165, 1.54) is 38.5 Å². The summed E-state index contributed by atoms with van der Waals surface area (Å²) in [5.41, 5.74) is 0. The fraction of sp³-hybridized carbons (Fsp3) is 0.917. The Balaban J connectivity index is 1.59. The average molecular weight is 226 g/mol. The molecule has 0 aromatic rings. The van der Waals surface area contributed by atoms with Crippen LogP contribution in [-0.2, 0) is 0 Å². The summed E-state index contributed by atoms with van der Waals surface area (Å²) in [4.78, 5) is 0. The Bertz CT molecular complexity index is 220. The van der Waals surface area contributed by atoms with E-state index in [9.17, 15) is 0 Å². The maximum Gasteiger partial charge on any atom is 0.166 e. The first-order valence-corrected chi connectivity index (χ1v) is 6.71. The standard InChI is InChI=1S/C12H22N2S/c1-9(10-6-7-10)8-13-12(15)14-11-4-2-3-5-11/h9-11H,2-8H2,1H3,(H2,13,14,15). The van der Waals surface area contributed by atoms with Gasteiger partial charge in [-0.05, 0) is 49.7 Å². The lowest BCUT2D eigenvalue weighted by atomic mass is 10.1. The molecule has 2 nitrogen and oxygen atoms in total. The summed E-state index contributed by atoms with van der Waals surface area (Å²) in [6.45, 7) is 3.37. The van der Waals surface area contributed by atoms with Crippen LogP contribution in [-0.4, -0.2) is 17.7 Å². The van der Waals surface area contributed by atoms with Crippen LogP contribution in [0.5, 0.6) is 0 Å². The monoisotopic (exact) mass is 226 g/mol. The molecule has 0 heterocycles. The van der Waals surface area contributed by atoms with Crippen molar-refractivity contribution in [3.8, 4) is 0 Å². The normalized spacial score (nSPS) is 23.8. The quantitative estimate of drug-likeness (QED) is 0.720. The van der Waals surface area contributed by atoms with Gasteiger partial charge in [-0.1, -0.05) is 19.8 Å². The number of thiocarbonyl (C=S) groups is 1. The largest absolute Gasteiger partial charge is 0.362 e. The van der Waals surface area contributed by atoms with E-state index in [-0.39, 0.29) is 0 Å². The number of hydrogen-bond donors (Lipinski definition) is 2. The van der Waals surface area contributed by atoms with Crippen molar-refractivity contribution in [1.82, 2.24) is 10.6 Å². The van der Waals surface area contributed by atoms with Crippen molar-refractivity contribution in [3.63, 3.8) is 0 Å². The van der Waals surface area contributed by atoms with Gasteiger partial charge in [0.25, 0.3) is 0 Å². The highest BCUT2D eigenvalue weighted by atomic mass is 32.1. The Hall–Kier alpha value is -0.310. The molecule has 0 radical (unpaired) electrons. The zero-order valence-electron chi connectivity index (χ0n) is 9.59. The van der Waals surface area contributed by atoms with Crippen LogP contribution < -0.4 is 10.6 Å². The minimum Gasteiger partial charge on any atom is -0.362 e. The van der Waals surface area contributed by atoms with E-state index in [4.69, 9.17) is 12.2 Å². The zero-order chi connectivity index (χ0) is 10.7. The fourth-order valence-corrected chi connectivity index (χ4v) is 2.64. The Kier molecular flexibility index (Phi) is 3.84. The second-order valence-electron chi connectivity index (χ2n) is 5.15. The fourth-order valence-electron chi connectivity index (χ4n) is 2.39. The van der Waals surface area contributed by atoms with Crippen LogP contribution in [0.25, 0.3) is 0 Å². The predicted octanol–water partition coefficient (Wildman–Crippen LogP) is 2.44. The van der Waals surface area contributed by atoms with Gasteiger partial charge in [-0.15, -0.1) is 0 Å². The number of rotatable bonds is 4. The van der Waals surface area contributed by atoms with Crippen LogP contribution in [0.3, 0.4) is 0 Å².